The van der Waals surface area contributed by atoms with Gasteiger partial charge in [-0.3, -0.25) is 4.79 Å². The van der Waals surface area contributed by atoms with Crippen LogP contribution in [0.3, 0.4) is 0 Å². The van der Waals surface area contributed by atoms with Crippen molar-refractivity contribution in [2.45, 2.75) is 6.42 Å². The lowest BCUT2D eigenvalue weighted by atomic mass is 10.1. The van der Waals surface area contributed by atoms with Crippen molar-refractivity contribution < 1.29 is 19.4 Å². The summed E-state index contributed by atoms with van der Waals surface area (Å²) in [5.41, 5.74) is 0.00326. The van der Waals surface area contributed by atoms with Crippen LogP contribution in [0.4, 0.5) is 0 Å². The summed E-state index contributed by atoms with van der Waals surface area (Å²) < 4.78 is 4.86. The molecule has 0 saturated heterocycles. The third-order valence-corrected chi connectivity index (χ3v) is 2.98. The molecule has 0 heterocycles. The molecule has 0 aliphatic rings. The summed E-state index contributed by atoms with van der Waals surface area (Å²) >= 11 is 0. The van der Waals surface area contributed by atoms with Gasteiger partial charge in [0, 0.05) is 6.54 Å². The van der Waals surface area contributed by atoms with Gasteiger partial charge in [-0.05, 0) is 22.9 Å². The Kier molecular flexibility index (Phi) is 4.94. The predicted molar refractivity (Wildman–Crippen MR) is 79.1 cm³/mol. The lowest BCUT2D eigenvalue weighted by Crippen LogP contribution is -2.29. The number of benzene rings is 2. The molecule has 0 aliphatic carbocycles. The second kappa shape index (κ2) is 7.09. The van der Waals surface area contributed by atoms with Crippen LogP contribution in [0.15, 0.2) is 36.4 Å². The van der Waals surface area contributed by atoms with E-state index in [4.69, 9.17) is 10.00 Å². The maximum absolute atomic E-state index is 11.9. The first-order valence-corrected chi connectivity index (χ1v) is 6.64. The molecule has 0 unspecified atom stereocenters. The molecule has 1 amide bonds. The zero-order chi connectivity index (χ0) is 15.9. The number of ether oxygens (including phenoxy) is 1. The molecule has 0 bridgehead atoms. The summed E-state index contributed by atoms with van der Waals surface area (Å²) in [7, 11) is 0. The largest absolute Gasteiger partial charge is 0.507 e. The summed E-state index contributed by atoms with van der Waals surface area (Å²) in [4.78, 5) is 23.3. The van der Waals surface area contributed by atoms with Crippen molar-refractivity contribution in [1.82, 2.24) is 5.32 Å². The lowest BCUT2D eigenvalue weighted by molar-refractivity contribution is -0.124. The van der Waals surface area contributed by atoms with Crippen molar-refractivity contribution in [3.8, 4) is 11.8 Å². The molecule has 2 aromatic carbocycles. The second-order valence-corrected chi connectivity index (χ2v) is 4.55. The molecule has 0 fully saturated rings. The van der Waals surface area contributed by atoms with Gasteiger partial charge >= 0.3 is 5.97 Å². The average Bonchev–Trinajstić information content (AvgIpc) is 2.52. The number of nitrogens with one attached hydrogen (secondary N) is 1. The minimum atomic E-state index is -0.779. The highest BCUT2D eigenvalue weighted by Crippen LogP contribution is 2.25. The SMILES string of the molecule is N#CCCNC(=O)COC(=O)c1cc2ccccc2cc1O. The van der Waals surface area contributed by atoms with E-state index in [1.165, 1.54) is 12.1 Å². The number of carbonyl (C=O) groups is 2. The van der Waals surface area contributed by atoms with Crippen molar-refractivity contribution in [2.75, 3.05) is 13.2 Å². The van der Waals surface area contributed by atoms with Gasteiger partial charge in [-0.25, -0.2) is 4.79 Å². The molecule has 0 spiro atoms. The van der Waals surface area contributed by atoms with E-state index in [2.05, 4.69) is 5.32 Å². The smallest absolute Gasteiger partial charge is 0.342 e. The van der Waals surface area contributed by atoms with Crippen molar-refractivity contribution in [3.05, 3.63) is 42.0 Å². The monoisotopic (exact) mass is 298 g/mol. The molecule has 2 aromatic rings. The molecule has 6 nitrogen and oxygen atoms in total. The zero-order valence-corrected chi connectivity index (χ0v) is 11.7. The fourth-order valence-corrected chi connectivity index (χ4v) is 1.91. The van der Waals surface area contributed by atoms with E-state index in [0.717, 1.165) is 10.8 Å². The van der Waals surface area contributed by atoms with Crippen molar-refractivity contribution in [2.24, 2.45) is 0 Å². The van der Waals surface area contributed by atoms with Gasteiger partial charge < -0.3 is 15.2 Å². The van der Waals surface area contributed by atoms with Crippen LogP contribution in [-0.4, -0.2) is 30.1 Å². The van der Waals surface area contributed by atoms with E-state index >= 15 is 0 Å². The van der Waals surface area contributed by atoms with E-state index in [-0.39, 0.29) is 24.3 Å². The van der Waals surface area contributed by atoms with E-state index in [9.17, 15) is 14.7 Å². The highest BCUT2D eigenvalue weighted by atomic mass is 16.5. The lowest BCUT2D eigenvalue weighted by Gasteiger charge is -2.08. The van der Waals surface area contributed by atoms with Crippen LogP contribution in [0.25, 0.3) is 10.8 Å². The molecule has 0 atom stereocenters. The number of aromatic hydroxyl groups is 1. The number of hydrogen-bond acceptors (Lipinski definition) is 5. The number of carbonyl (C=O) groups excluding carboxylic acids is 2. The first-order valence-electron chi connectivity index (χ1n) is 6.64. The first kappa shape index (κ1) is 15.3. The van der Waals surface area contributed by atoms with E-state index < -0.39 is 18.5 Å². The van der Waals surface area contributed by atoms with Gasteiger partial charge in [-0.15, -0.1) is 0 Å². The standard InChI is InChI=1S/C16H14N2O4/c17-6-3-7-18-15(20)10-22-16(21)13-8-11-4-1-2-5-12(11)9-14(13)19/h1-2,4-5,8-9,19H,3,7,10H2,(H,18,20). The van der Waals surface area contributed by atoms with Gasteiger partial charge in [0.1, 0.15) is 11.3 Å². The van der Waals surface area contributed by atoms with Crippen molar-refractivity contribution in [3.63, 3.8) is 0 Å². The van der Waals surface area contributed by atoms with Crippen LogP contribution in [0.2, 0.25) is 0 Å². The van der Waals surface area contributed by atoms with Gasteiger partial charge in [0.25, 0.3) is 5.91 Å². The topological polar surface area (TPSA) is 99.4 Å². The van der Waals surface area contributed by atoms with Crippen LogP contribution < -0.4 is 5.32 Å². The fraction of sp³-hybridized carbons (Fsp3) is 0.188. The van der Waals surface area contributed by atoms with Crippen LogP contribution in [-0.2, 0) is 9.53 Å². The number of phenols is 1. The Morgan fingerprint density at radius 3 is 2.59 bits per heavy atom. The number of nitriles is 1. The molecule has 0 radical (unpaired) electrons. The average molecular weight is 298 g/mol. The molecule has 2 N–H and O–H groups in total. The maximum atomic E-state index is 11.9. The molecule has 0 aliphatic heterocycles. The molecular weight excluding hydrogens is 284 g/mol. The summed E-state index contributed by atoms with van der Waals surface area (Å²) in [5.74, 6) is -1.48. The zero-order valence-electron chi connectivity index (χ0n) is 11.7. The Hall–Kier alpha value is -3.07. The number of hydrogen-bond donors (Lipinski definition) is 2. The number of fused-ring (bicyclic) bond motifs is 1. The quantitative estimate of drug-likeness (QED) is 0.647. The normalized spacial score (nSPS) is 9.95. The molecule has 6 heteroatoms. The van der Waals surface area contributed by atoms with Crippen molar-refractivity contribution >= 4 is 22.6 Å². The molecule has 2 rings (SSSR count). The fourth-order valence-electron chi connectivity index (χ4n) is 1.91. The van der Waals surface area contributed by atoms with Gasteiger partial charge in [0.2, 0.25) is 0 Å². The summed E-state index contributed by atoms with van der Waals surface area (Å²) in [5, 5.41) is 22.2. The van der Waals surface area contributed by atoms with Gasteiger partial charge in [-0.2, -0.15) is 5.26 Å². The first-order chi connectivity index (χ1) is 10.6. The molecule has 22 heavy (non-hydrogen) atoms. The Morgan fingerprint density at radius 1 is 1.23 bits per heavy atom. The van der Waals surface area contributed by atoms with Crippen LogP contribution >= 0.6 is 0 Å². The van der Waals surface area contributed by atoms with Crippen LogP contribution in [0.1, 0.15) is 16.8 Å². The molecule has 0 aromatic heterocycles. The van der Waals surface area contributed by atoms with E-state index in [1.54, 1.807) is 6.07 Å². The molecular formula is C16H14N2O4. The highest BCUT2D eigenvalue weighted by Gasteiger charge is 2.15. The predicted octanol–water partition coefficient (Wildman–Crippen LogP) is 1.73. The highest BCUT2D eigenvalue weighted by molar-refractivity contribution is 5.99. The number of nitrogens with zero attached hydrogens (tertiary/aromatic N) is 1. The number of phenolic OH excluding ortho intramolecular Hbond substituents is 1. The number of esters is 1. The Labute approximate surface area is 126 Å². The van der Waals surface area contributed by atoms with Crippen LogP contribution in [0.5, 0.6) is 5.75 Å². The summed E-state index contributed by atoms with van der Waals surface area (Å²) in [6.07, 6.45) is 0.186. The maximum Gasteiger partial charge on any atom is 0.342 e. The summed E-state index contributed by atoms with van der Waals surface area (Å²) in [6.45, 7) is -0.259. The van der Waals surface area contributed by atoms with Gasteiger partial charge in [0.05, 0.1) is 12.5 Å². The number of amides is 1. The Morgan fingerprint density at radius 2 is 1.91 bits per heavy atom. The third-order valence-electron chi connectivity index (χ3n) is 2.98. The van der Waals surface area contributed by atoms with Gasteiger partial charge in [0.15, 0.2) is 6.61 Å². The Bertz CT molecular complexity index is 749. The molecule has 112 valence electrons. The number of rotatable bonds is 5. The van der Waals surface area contributed by atoms with Crippen LogP contribution in [0, 0.1) is 11.3 Å². The van der Waals surface area contributed by atoms with Crippen molar-refractivity contribution in [1.29, 1.82) is 5.26 Å². The van der Waals surface area contributed by atoms with E-state index in [0.29, 0.717) is 0 Å². The molecule has 0 saturated carbocycles. The third kappa shape index (κ3) is 3.73. The second-order valence-electron chi connectivity index (χ2n) is 4.55. The minimum Gasteiger partial charge on any atom is -0.507 e. The minimum absolute atomic E-state index is 0.00326. The van der Waals surface area contributed by atoms with E-state index in [1.807, 2.05) is 24.3 Å². The van der Waals surface area contributed by atoms with Gasteiger partial charge in [-0.1, -0.05) is 24.3 Å². The Balaban J connectivity index is 2.02. The summed E-state index contributed by atoms with van der Waals surface area (Å²) in [6, 6.07) is 12.1.